The lowest BCUT2D eigenvalue weighted by Crippen LogP contribution is -2.33. The standard InChI is InChI=1S/C17H27NO2/c1-13(2)17-7-6-16(10-14(17)3)20-12-15(19)11-18-8-4-5-9-18/h6-7,10,13,15,19H,4-5,8-9,11-12H2,1-3H3/t15-/m1/s1. The lowest BCUT2D eigenvalue weighted by Gasteiger charge is -2.20. The Morgan fingerprint density at radius 3 is 2.55 bits per heavy atom. The molecule has 3 nitrogen and oxygen atoms in total. The van der Waals surface area contributed by atoms with Crippen molar-refractivity contribution in [1.82, 2.24) is 4.90 Å². The highest BCUT2D eigenvalue weighted by Gasteiger charge is 2.16. The van der Waals surface area contributed by atoms with Crippen molar-refractivity contribution in [1.29, 1.82) is 0 Å². The van der Waals surface area contributed by atoms with Crippen LogP contribution in [0.25, 0.3) is 0 Å². The van der Waals surface area contributed by atoms with Crippen LogP contribution >= 0.6 is 0 Å². The zero-order valence-electron chi connectivity index (χ0n) is 12.9. The molecule has 0 spiro atoms. The van der Waals surface area contributed by atoms with Crippen molar-refractivity contribution < 1.29 is 9.84 Å². The fourth-order valence-corrected chi connectivity index (χ4v) is 2.89. The summed E-state index contributed by atoms with van der Waals surface area (Å²) in [6.07, 6.45) is 2.10. The van der Waals surface area contributed by atoms with Crippen LogP contribution in [0.5, 0.6) is 5.75 Å². The number of aliphatic hydroxyl groups is 1. The predicted molar refractivity (Wildman–Crippen MR) is 82.4 cm³/mol. The van der Waals surface area contributed by atoms with E-state index in [0.29, 0.717) is 12.5 Å². The molecule has 0 aliphatic carbocycles. The number of ether oxygens (including phenoxy) is 1. The minimum absolute atomic E-state index is 0.372. The average Bonchev–Trinajstić information content (AvgIpc) is 2.89. The molecule has 0 amide bonds. The van der Waals surface area contributed by atoms with Gasteiger partial charge in [0, 0.05) is 6.54 Å². The van der Waals surface area contributed by atoms with Gasteiger partial charge >= 0.3 is 0 Å². The van der Waals surface area contributed by atoms with Gasteiger partial charge in [-0.2, -0.15) is 0 Å². The number of likely N-dealkylation sites (tertiary alicyclic amines) is 1. The Labute approximate surface area is 122 Å². The Hall–Kier alpha value is -1.06. The highest BCUT2D eigenvalue weighted by Crippen LogP contribution is 2.23. The Morgan fingerprint density at radius 1 is 1.25 bits per heavy atom. The van der Waals surface area contributed by atoms with Gasteiger partial charge in [0.05, 0.1) is 0 Å². The molecule has 1 aliphatic rings. The van der Waals surface area contributed by atoms with Crippen molar-refractivity contribution >= 4 is 0 Å². The average molecular weight is 277 g/mol. The zero-order valence-corrected chi connectivity index (χ0v) is 12.9. The second kappa shape index (κ2) is 7.09. The molecule has 0 bridgehead atoms. The molecule has 1 saturated heterocycles. The Balaban J connectivity index is 1.82. The van der Waals surface area contributed by atoms with E-state index in [0.717, 1.165) is 25.4 Å². The van der Waals surface area contributed by atoms with Gasteiger partial charge in [0.25, 0.3) is 0 Å². The lowest BCUT2D eigenvalue weighted by atomic mass is 9.98. The van der Waals surface area contributed by atoms with Crippen molar-refractivity contribution in [2.75, 3.05) is 26.2 Å². The molecular weight excluding hydrogens is 250 g/mol. The van der Waals surface area contributed by atoms with E-state index in [1.807, 2.05) is 6.07 Å². The lowest BCUT2D eigenvalue weighted by molar-refractivity contribution is 0.0758. The molecule has 1 aromatic carbocycles. The molecule has 0 aromatic heterocycles. The van der Waals surface area contributed by atoms with Crippen LogP contribution < -0.4 is 4.74 Å². The van der Waals surface area contributed by atoms with E-state index in [-0.39, 0.29) is 0 Å². The highest BCUT2D eigenvalue weighted by molar-refractivity contribution is 5.36. The molecular formula is C17H27NO2. The Bertz CT molecular complexity index is 425. The second-order valence-electron chi connectivity index (χ2n) is 6.15. The first-order valence-corrected chi connectivity index (χ1v) is 7.70. The van der Waals surface area contributed by atoms with Crippen molar-refractivity contribution in [3.63, 3.8) is 0 Å². The number of β-amino-alcohol motifs (C(OH)–C–C–N with tert-alkyl or cyclic N) is 1. The van der Waals surface area contributed by atoms with Crippen LogP contribution in [-0.4, -0.2) is 42.4 Å². The van der Waals surface area contributed by atoms with Gasteiger partial charge in [-0.3, -0.25) is 0 Å². The third-order valence-electron chi connectivity index (χ3n) is 3.97. The molecule has 1 aliphatic heterocycles. The quantitative estimate of drug-likeness (QED) is 0.867. The zero-order chi connectivity index (χ0) is 14.5. The van der Waals surface area contributed by atoms with Crippen LogP contribution in [0.15, 0.2) is 18.2 Å². The first-order valence-electron chi connectivity index (χ1n) is 7.70. The monoisotopic (exact) mass is 277 g/mol. The number of rotatable bonds is 6. The molecule has 0 unspecified atom stereocenters. The smallest absolute Gasteiger partial charge is 0.119 e. The largest absolute Gasteiger partial charge is 0.491 e. The summed E-state index contributed by atoms with van der Waals surface area (Å²) in [5, 5.41) is 10.0. The summed E-state index contributed by atoms with van der Waals surface area (Å²) in [7, 11) is 0. The Morgan fingerprint density at radius 2 is 1.95 bits per heavy atom. The number of aliphatic hydroxyl groups excluding tert-OH is 1. The van der Waals surface area contributed by atoms with Crippen LogP contribution in [0.1, 0.15) is 43.7 Å². The van der Waals surface area contributed by atoms with Crippen LogP contribution in [0, 0.1) is 6.92 Å². The van der Waals surface area contributed by atoms with Crippen molar-refractivity contribution in [2.45, 2.75) is 45.6 Å². The van der Waals surface area contributed by atoms with Gasteiger partial charge in [0.1, 0.15) is 18.5 Å². The molecule has 1 heterocycles. The van der Waals surface area contributed by atoms with Crippen molar-refractivity contribution in [3.8, 4) is 5.75 Å². The van der Waals surface area contributed by atoms with Crippen LogP contribution in [0.4, 0.5) is 0 Å². The topological polar surface area (TPSA) is 32.7 Å². The maximum Gasteiger partial charge on any atom is 0.119 e. The number of aryl methyl sites for hydroxylation is 1. The second-order valence-corrected chi connectivity index (χ2v) is 6.15. The summed E-state index contributed by atoms with van der Waals surface area (Å²) in [4.78, 5) is 2.31. The van der Waals surface area contributed by atoms with Crippen molar-refractivity contribution in [3.05, 3.63) is 29.3 Å². The minimum atomic E-state index is -0.404. The summed E-state index contributed by atoms with van der Waals surface area (Å²) in [6.45, 7) is 9.83. The highest BCUT2D eigenvalue weighted by atomic mass is 16.5. The molecule has 1 aromatic rings. The molecule has 1 fully saturated rings. The molecule has 1 atom stereocenters. The fraction of sp³-hybridized carbons (Fsp3) is 0.647. The van der Waals surface area contributed by atoms with E-state index >= 15 is 0 Å². The fourth-order valence-electron chi connectivity index (χ4n) is 2.89. The van der Waals surface area contributed by atoms with Crippen LogP contribution in [0.3, 0.4) is 0 Å². The van der Waals surface area contributed by atoms with E-state index in [4.69, 9.17) is 4.74 Å². The molecule has 3 heteroatoms. The van der Waals surface area contributed by atoms with E-state index in [1.54, 1.807) is 0 Å². The molecule has 1 N–H and O–H groups in total. The van der Waals surface area contributed by atoms with E-state index < -0.39 is 6.10 Å². The molecule has 2 rings (SSSR count). The van der Waals surface area contributed by atoms with E-state index in [9.17, 15) is 5.11 Å². The molecule has 0 saturated carbocycles. The van der Waals surface area contributed by atoms with Gasteiger partial charge in [-0.25, -0.2) is 0 Å². The van der Waals surface area contributed by atoms with Gasteiger partial charge in [-0.1, -0.05) is 19.9 Å². The van der Waals surface area contributed by atoms with Gasteiger partial charge in [-0.05, 0) is 62.0 Å². The summed E-state index contributed by atoms with van der Waals surface area (Å²) in [5.74, 6) is 1.39. The number of nitrogens with zero attached hydrogens (tertiary/aromatic N) is 1. The SMILES string of the molecule is Cc1cc(OC[C@H](O)CN2CCCC2)ccc1C(C)C. The number of hydrogen-bond donors (Lipinski definition) is 1. The number of benzene rings is 1. The summed E-state index contributed by atoms with van der Waals surface area (Å²) in [6, 6.07) is 6.20. The molecule has 0 radical (unpaired) electrons. The van der Waals surface area contributed by atoms with E-state index in [1.165, 1.54) is 24.0 Å². The first-order chi connectivity index (χ1) is 9.56. The van der Waals surface area contributed by atoms with Gasteiger partial charge < -0.3 is 14.7 Å². The van der Waals surface area contributed by atoms with Gasteiger partial charge in [0.2, 0.25) is 0 Å². The third kappa shape index (κ3) is 4.22. The van der Waals surface area contributed by atoms with E-state index in [2.05, 4.69) is 37.8 Å². The maximum absolute atomic E-state index is 10.0. The third-order valence-corrected chi connectivity index (χ3v) is 3.97. The predicted octanol–water partition coefficient (Wildman–Crippen LogP) is 2.95. The first kappa shape index (κ1) is 15.3. The molecule has 20 heavy (non-hydrogen) atoms. The van der Waals surface area contributed by atoms with Crippen LogP contribution in [0.2, 0.25) is 0 Å². The Kier molecular flexibility index (Phi) is 5.44. The molecule has 112 valence electrons. The minimum Gasteiger partial charge on any atom is -0.491 e. The van der Waals surface area contributed by atoms with Gasteiger partial charge in [0.15, 0.2) is 0 Å². The summed E-state index contributed by atoms with van der Waals surface area (Å²) in [5.41, 5.74) is 2.61. The summed E-state index contributed by atoms with van der Waals surface area (Å²) < 4.78 is 5.72. The number of hydrogen-bond acceptors (Lipinski definition) is 3. The van der Waals surface area contributed by atoms with Gasteiger partial charge in [-0.15, -0.1) is 0 Å². The van der Waals surface area contributed by atoms with Crippen LogP contribution in [-0.2, 0) is 0 Å². The summed E-state index contributed by atoms with van der Waals surface area (Å²) >= 11 is 0. The maximum atomic E-state index is 10.0. The van der Waals surface area contributed by atoms with Crippen molar-refractivity contribution in [2.24, 2.45) is 0 Å². The normalized spacial score (nSPS) is 17.6.